The van der Waals surface area contributed by atoms with Crippen LogP contribution in [0.1, 0.15) is 16.9 Å². The van der Waals surface area contributed by atoms with Crippen LogP contribution in [0.5, 0.6) is 0 Å². The van der Waals surface area contributed by atoms with Crippen molar-refractivity contribution in [3.63, 3.8) is 0 Å². The molecule has 1 saturated heterocycles. The fourth-order valence-corrected chi connectivity index (χ4v) is 4.80. The number of rotatable bonds is 5. The van der Waals surface area contributed by atoms with Crippen molar-refractivity contribution in [2.75, 3.05) is 4.90 Å². The first kappa shape index (κ1) is 23.3. The zero-order valence-electron chi connectivity index (χ0n) is 19.5. The van der Waals surface area contributed by atoms with E-state index in [0.29, 0.717) is 32.8 Å². The number of anilines is 1. The lowest BCUT2D eigenvalue weighted by molar-refractivity contribution is -0.384. The Labute approximate surface area is 211 Å². The van der Waals surface area contributed by atoms with Crippen molar-refractivity contribution in [2.24, 2.45) is 4.99 Å². The highest BCUT2D eigenvalue weighted by atomic mass is 32.2. The van der Waals surface area contributed by atoms with Gasteiger partial charge in [-0.1, -0.05) is 36.4 Å². The van der Waals surface area contributed by atoms with Crippen molar-refractivity contribution in [3.8, 4) is 11.3 Å². The SMILES string of the molecule is Cc1cc(-c2ccc(/C=C3/SC(=Nc4ccccc4)N(c4ccccc4)C3=O)o2)c([N+](=O)[O-])cc1C. The highest BCUT2D eigenvalue weighted by Crippen LogP contribution is 2.39. The molecule has 0 atom stereocenters. The van der Waals surface area contributed by atoms with Gasteiger partial charge in [0.1, 0.15) is 11.5 Å². The fraction of sp³-hybridized carbons (Fsp3) is 0.0714. The molecule has 0 saturated carbocycles. The average molecular weight is 496 g/mol. The van der Waals surface area contributed by atoms with Gasteiger partial charge in [-0.2, -0.15) is 0 Å². The van der Waals surface area contributed by atoms with E-state index >= 15 is 0 Å². The van der Waals surface area contributed by atoms with Crippen LogP contribution in [0.15, 0.2) is 99.2 Å². The smallest absolute Gasteiger partial charge is 0.280 e. The third kappa shape index (κ3) is 4.58. The van der Waals surface area contributed by atoms with Gasteiger partial charge in [0.05, 0.1) is 26.8 Å². The lowest BCUT2D eigenvalue weighted by atomic mass is 10.0. The molecule has 0 N–H and O–H groups in total. The molecule has 0 bridgehead atoms. The highest BCUT2D eigenvalue weighted by Gasteiger charge is 2.35. The van der Waals surface area contributed by atoms with Crippen LogP contribution in [-0.4, -0.2) is 16.0 Å². The molecule has 0 spiro atoms. The second kappa shape index (κ2) is 9.67. The van der Waals surface area contributed by atoms with Gasteiger partial charge >= 0.3 is 0 Å². The average Bonchev–Trinajstić information content (AvgIpc) is 3.46. The normalized spacial score (nSPS) is 15.7. The van der Waals surface area contributed by atoms with E-state index in [4.69, 9.17) is 9.41 Å². The molecule has 1 aliphatic heterocycles. The maximum Gasteiger partial charge on any atom is 0.280 e. The summed E-state index contributed by atoms with van der Waals surface area (Å²) in [6.07, 6.45) is 1.65. The first-order valence-electron chi connectivity index (χ1n) is 11.2. The van der Waals surface area contributed by atoms with Crippen molar-refractivity contribution < 1.29 is 14.1 Å². The monoisotopic (exact) mass is 495 g/mol. The van der Waals surface area contributed by atoms with E-state index in [2.05, 4.69) is 0 Å². The number of nitro benzene ring substituents is 1. The number of para-hydroxylation sites is 2. The molecule has 1 fully saturated rings. The minimum absolute atomic E-state index is 0.0227. The lowest BCUT2D eigenvalue weighted by Crippen LogP contribution is -2.28. The van der Waals surface area contributed by atoms with Crippen molar-refractivity contribution in [1.29, 1.82) is 0 Å². The van der Waals surface area contributed by atoms with Gasteiger partial charge in [-0.05, 0) is 79.2 Å². The summed E-state index contributed by atoms with van der Waals surface area (Å²) in [6.45, 7) is 3.73. The van der Waals surface area contributed by atoms with Crippen LogP contribution in [0, 0.1) is 24.0 Å². The first-order valence-corrected chi connectivity index (χ1v) is 12.0. The van der Waals surface area contributed by atoms with E-state index in [-0.39, 0.29) is 11.6 Å². The molecule has 1 aromatic heterocycles. The maximum absolute atomic E-state index is 13.4. The van der Waals surface area contributed by atoms with E-state index in [1.54, 1.807) is 35.2 Å². The van der Waals surface area contributed by atoms with Gasteiger partial charge in [0, 0.05) is 12.1 Å². The van der Waals surface area contributed by atoms with Gasteiger partial charge in [0.15, 0.2) is 5.17 Å². The molecule has 178 valence electrons. The number of nitrogens with zero attached hydrogens (tertiary/aromatic N) is 3. The third-order valence-corrected chi connectivity index (χ3v) is 6.74. The molecule has 1 amide bonds. The number of carbonyl (C=O) groups excluding carboxylic acids is 1. The van der Waals surface area contributed by atoms with Crippen molar-refractivity contribution in [3.05, 3.63) is 117 Å². The highest BCUT2D eigenvalue weighted by molar-refractivity contribution is 8.19. The minimum Gasteiger partial charge on any atom is -0.456 e. The Kier molecular flexibility index (Phi) is 6.26. The molecule has 36 heavy (non-hydrogen) atoms. The molecule has 3 aromatic carbocycles. The number of nitro groups is 1. The summed E-state index contributed by atoms with van der Waals surface area (Å²) in [5, 5.41) is 12.2. The Morgan fingerprint density at radius 1 is 0.944 bits per heavy atom. The van der Waals surface area contributed by atoms with Gasteiger partial charge in [-0.3, -0.25) is 19.8 Å². The molecule has 0 unspecified atom stereocenters. The molecule has 8 heteroatoms. The molecular formula is C28H21N3O4S. The largest absolute Gasteiger partial charge is 0.456 e. The topological polar surface area (TPSA) is 89.0 Å². The molecule has 0 radical (unpaired) electrons. The molecule has 4 aromatic rings. The molecule has 7 nitrogen and oxygen atoms in total. The number of hydrogen-bond acceptors (Lipinski definition) is 6. The summed E-state index contributed by atoms with van der Waals surface area (Å²) in [4.78, 5) is 31.4. The van der Waals surface area contributed by atoms with Crippen LogP contribution in [0.25, 0.3) is 17.4 Å². The Hall–Kier alpha value is -4.43. The summed E-state index contributed by atoms with van der Waals surface area (Å²) in [7, 11) is 0. The Bertz CT molecular complexity index is 1530. The number of carbonyl (C=O) groups is 1. The van der Waals surface area contributed by atoms with Crippen LogP contribution in [-0.2, 0) is 4.79 Å². The van der Waals surface area contributed by atoms with Crippen molar-refractivity contribution >= 4 is 46.0 Å². The number of benzene rings is 3. The van der Waals surface area contributed by atoms with Gasteiger partial charge in [0.25, 0.3) is 11.6 Å². The Balaban J connectivity index is 1.53. The number of aryl methyl sites for hydroxylation is 2. The summed E-state index contributed by atoms with van der Waals surface area (Å²) in [5.74, 6) is 0.559. The summed E-state index contributed by atoms with van der Waals surface area (Å²) in [5.41, 5.74) is 3.57. The number of aliphatic imine (C=N–C) groups is 1. The zero-order chi connectivity index (χ0) is 25.2. The first-order chi connectivity index (χ1) is 17.4. The van der Waals surface area contributed by atoms with E-state index in [1.165, 1.54) is 11.8 Å². The Morgan fingerprint density at radius 2 is 1.61 bits per heavy atom. The molecular weight excluding hydrogens is 474 g/mol. The number of furan rings is 1. The van der Waals surface area contributed by atoms with Crippen LogP contribution in [0.4, 0.5) is 17.1 Å². The number of amides is 1. The molecule has 5 rings (SSSR count). The summed E-state index contributed by atoms with van der Waals surface area (Å²) in [6, 6.07) is 25.4. The fourth-order valence-electron chi connectivity index (χ4n) is 3.82. The Morgan fingerprint density at radius 3 is 2.31 bits per heavy atom. The quantitative estimate of drug-likeness (QED) is 0.165. The van der Waals surface area contributed by atoms with Crippen molar-refractivity contribution in [2.45, 2.75) is 13.8 Å². The zero-order valence-corrected chi connectivity index (χ0v) is 20.4. The predicted octanol–water partition coefficient (Wildman–Crippen LogP) is 7.28. The standard InChI is InChI=1S/C28H21N3O4S/c1-18-15-23(24(31(33)34)16-19(18)2)25-14-13-22(35-25)17-26-27(32)30(21-11-7-4-8-12-21)28(36-26)29-20-9-5-3-6-10-20/h3-17H,1-2H3/b26-17+,29-28?. The van der Waals surface area contributed by atoms with E-state index < -0.39 is 4.92 Å². The second-order valence-electron chi connectivity index (χ2n) is 8.23. The van der Waals surface area contributed by atoms with Gasteiger partial charge in [-0.15, -0.1) is 0 Å². The van der Waals surface area contributed by atoms with Crippen LogP contribution < -0.4 is 4.90 Å². The number of amidine groups is 1. The van der Waals surface area contributed by atoms with Gasteiger partial charge < -0.3 is 4.42 Å². The lowest BCUT2D eigenvalue weighted by Gasteiger charge is -2.15. The van der Waals surface area contributed by atoms with Crippen molar-refractivity contribution in [1.82, 2.24) is 0 Å². The molecule has 1 aliphatic rings. The van der Waals surface area contributed by atoms with Crippen LogP contribution in [0.2, 0.25) is 0 Å². The predicted molar refractivity (Wildman–Crippen MR) is 143 cm³/mol. The van der Waals surface area contributed by atoms with E-state index in [0.717, 1.165) is 16.8 Å². The van der Waals surface area contributed by atoms with Crippen LogP contribution in [0.3, 0.4) is 0 Å². The minimum atomic E-state index is -0.414. The molecule has 2 heterocycles. The van der Waals surface area contributed by atoms with Gasteiger partial charge in [-0.25, -0.2) is 4.99 Å². The van der Waals surface area contributed by atoms with Crippen LogP contribution >= 0.6 is 11.8 Å². The summed E-state index contributed by atoms with van der Waals surface area (Å²) < 4.78 is 5.96. The number of thioether (sulfide) groups is 1. The van der Waals surface area contributed by atoms with E-state index in [9.17, 15) is 14.9 Å². The second-order valence-corrected chi connectivity index (χ2v) is 9.24. The summed E-state index contributed by atoms with van der Waals surface area (Å²) >= 11 is 1.25. The third-order valence-electron chi connectivity index (χ3n) is 5.78. The van der Waals surface area contributed by atoms with E-state index in [1.807, 2.05) is 74.5 Å². The number of hydrogen-bond donors (Lipinski definition) is 0. The maximum atomic E-state index is 13.4. The van der Waals surface area contributed by atoms with Gasteiger partial charge in [0.2, 0.25) is 0 Å². The molecule has 0 aliphatic carbocycles.